The Bertz CT molecular complexity index is 339. The van der Waals surface area contributed by atoms with E-state index in [0.717, 1.165) is 23.7 Å². The molecule has 1 aromatic carbocycles. The third-order valence-corrected chi connectivity index (χ3v) is 6.69. The van der Waals surface area contributed by atoms with Crippen LogP contribution >= 0.6 is 0 Å². The molecule has 0 saturated heterocycles. The van der Waals surface area contributed by atoms with Crippen molar-refractivity contribution in [3.8, 4) is 0 Å². The Labute approximate surface area is 93.8 Å². The molecule has 1 unspecified atom stereocenters. The van der Waals surface area contributed by atoms with Gasteiger partial charge in [0.1, 0.15) is 0 Å². The second kappa shape index (κ2) is 5.00. The van der Waals surface area contributed by atoms with Crippen LogP contribution in [0.1, 0.15) is 25.7 Å². The third-order valence-electron chi connectivity index (χ3n) is 2.87. The van der Waals surface area contributed by atoms with Crippen molar-refractivity contribution in [2.24, 2.45) is 0 Å². The van der Waals surface area contributed by atoms with Gasteiger partial charge in [-0.3, -0.25) is 0 Å². The molecule has 0 heterocycles. The summed E-state index contributed by atoms with van der Waals surface area (Å²) < 4.78 is 26.6. The Balaban J connectivity index is 2.13. The fourth-order valence-corrected chi connectivity index (χ4v) is 5.30. The van der Waals surface area contributed by atoms with E-state index in [1.165, 1.54) is 0 Å². The van der Waals surface area contributed by atoms with Crippen molar-refractivity contribution in [1.82, 2.24) is 0 Å². The van der Waals surface area contributed by atoms with Crippen LogP contribution < -0.4 is 4.46 Å². The van der Waals surface area contributed by atoms with Gasteiger partial charge in [-0.15, -0.1) is 0 Å². The van der Waals surface area contributed by atoms with Gasteiger partial charge >= 0.3 is 93.5 Å². The van der Waals surface area contributed by atoms with E-state index in [4.69, 9.17) is 0 Å². The molecule has 2 rings (SSSR count). The van der Waals surface area contributed by atoms with Gasteiger partial charge in [0.25, 0.3) is 0 Å². The van der Waals surface area contributed by atoms with E-state index in [1.807, 2.05) is 30.3 Å². The quantitative estimate of drug-likeness (QED) is 0.757. The van der Waals surface area contributed by atoms with Crippen LogP contribution in [0.15, 0.2) is 30.3 Å². The molecule has 1 aromatic rings. The minimum atomic E-state index is -2.18. The van der Waals surface area contributed by atoms with Crippen molar-refractivity contribution in [2.75, 3.05) is 0 Å². The molecule has 0 amide bonds. The first-order chi connectivity index (χ1) is 7.29. The average molecular weight is 273 g/mol. The topological polar surface area (TPSA) is 17.1 Å². The van der Waals surface area contributed by atoms with E-state index in [-0.39, 0.29) is 4.82 Å². The molecule has 1 aliphatic carbocycles. The van der Waals surface area contributed by atoms with Gasteiger partial charge in [-0.25, -0.2) is 0 Å². The van der Waals surface area contributed by atoms with Crippen molar-refractivity contribution in [3.05, 3.63) is 30.3 Å². The summed E-state index contributed by atoms with van der Waals surface area (Å²) in [6.07, 6.45) is 2.52. The van der Waals surface area contributed by atoms with E-state index < -0.39 is 20.0 Å². The Morgan fingerprint density at radius 3 is 2.47 bits per heavy atom. The van der Waals surface area contributed by atoms with Crippen LogP contribution in [0.4, 0.5) is 4.39 Å². The number of rotatable bonds is 2. The van der Waals surface area contributed by atoms with Crippen molar-refractivity contribution in [1.29, 1.82) is 0 Å². The molecule has 82 valence electrons. The molecule has 3 heteroatoms. The first-order valence-corrected chi connectivity index (χ1v) is 7.93. The molecule has 0 aliphatic heterocycles. The maximum absolute atomic E-state index is 13.6. The molecular weight excluding hydrogens is 258 g/mol. The Hall–Kier alpha value is -0.531. The predicted molar refractivity (Wildman–Crippen MR) is 59.6 cm³/mol. The summed E-state index contributed by atoms with van der Waals surface area (Å²) in [6, 6.07) is 9.37. The Morgan fingerprint density at radius 2 is 1.80 bits per heavy atom. The first-order valence-electron chi connectivity index (χ1n) is 5.39. The zero-order valence-corrected chi connectivity index (χ0v) is 10.3. The van der Waals surface area contributed by atoms with Gasteiger partial charge in [-0.2, -0.15) is 0 Å². The zero-order chi connectivity index (χ0) is 10.7. The van der Waals surface area contributed by atoms with Crippen molar-refractivity contribution in [3.63, 3.8) is 0 Å². The fraction of sp³-hybridized carbons (Fsp3) is 0.500. The van der Waals surface area contributed by atoms with E-state index in [0.29, 0.717) is 6.42 Å². The maximum atomic E-state index is 13.6. The van der Waals surface area contributed by atoms with E-state index in [9.17, 15) is 8.23 Å². The fourth-order valence-electron chi connectivity index (χ4n) is 2.02. The standard InChI is InChI=1S/C12H15FOSe/c13-11-8-4-5-9-12(11)15(14)10-6-2-1-3-7-10/h1-3,6-7,11-12H,4-5,8-9H2/t11-,12-,15?/m1/s1. The molecule has 1 saturated carbocycles. The molecule has 1 fully saturated rings. The predicted octanol–water partition coefficient (Wildman–Crippen LogP) is 2.60. The summed E-state index contributed by atoms with van der Waals surface area (Å²) >= 11 is -2.18. The normalized spacial score (nSPS) is 28.6. The van der Waals surface area contributed by atoms with Crippen LogP contribution in [0.3, 0.4) is 0 Å². The zero-order valence-electron chi connectivity index (χ0n) is 8.56. The van der Waals surface area contributed by atoms with Gasteiger partial charge in [0.15, 0.2) is 0 Å². The molecule has 0 aromatic heterocycles. The first kappa shape index (κ1) is 11.0. The number of alkyl halides is 1. The van der Waals surface area contributed by atoms with Gasteiger partial charge in [-0.05, 0) is 0 Å². The number of benzene rings is 1. The summed E-state index contributed by atoms with van der Waals surface area (Å²) in [4.78, 5) is -0.193. The van der Waals surface area contributed by atoms with Crippen LogP contribution in [-0.4, -0.2) is 20.0 Å². The van der Waals surface area contributed by atoms with E-state index in [1.54, 1.807) is 0 Å². The molecular formula is C12H15FOSe. The summed E-state index contributed by atoms with van der Waals surface area (Å²) in [5, 5.41) is 0. The Kier molecular flexibility index (Phi) is 3.66. The van der Waals surface area contributed by atoms with Crippen LogP contribution in [0, 0.1) is 0 Å². The van der Waals surface area contributed by atoms with Crippen LogP contribution in [0.2, 0.25) is 4.82 Å². The summed E-state index contributed by atoms with van der Waals surface area (Å²) in [5.41, 5.74) is 0. The molecule has 3 atom stereocenters. The molecule has 0 spiro atoms. The average Bonchev–Trinajstić information content (AvgIpc) is 2.30. The van der Waals surface area contributed by atoms with Gasteiger partial charge < -0.3 is 0 Å². The van der Waals surface area contributed by atoms with Gasteiger partial charge in [0.2, 0.25) is 0 Å². The summed E-state index contributed by atoms with van der Waals surface area (Å²) in [6.45, 7) is 0. The SMILES string of the molecule is O=[Se](c1ccccc1)[C@@H]1CCCC[C@H]1F. The molecule has 0 radical (unpaired) electrons. The van der Waals surface area contributed by atoms with Crippen molar-refractivity contribution >= 4 is 18.3 Å². The minimum absolute atomic E-state index is 0.193. The number of halogens is 1. The second-order valence-corrected chi connectivity index (χ2v) is 7.46. The number of hydrogen-bond acceptors (Lipinski definition) is 1. The van der Waals surface area contributed by atoms with Gasteiger partial charge in [0.05, 0.1) is 0 Å². The summed E-state index contributed by atoms with van der Waals surface area (Å²) in [7, 11) is 0. The third kappa shape index (κ3) is 2.53. The monoisotopic (exact) mass is 274 g/mol. The molecule has 0 N–H and O–H groups in total. The number of hydrogen-bond donors (Lipinski definition) is 0. The van der Waals surface area contributed by atoms with Crippen LogP contribution in [0.5, 0.6) is 0 Å². The van der Waals surface area contributed by atoms with Crippen LogP contribution in [0.25, 0.3) is 0 Å². The molecule has 0 bridgehead atoms. The second-order valence-electron chi connectivity index (χ2n) is 3.95. The van der Waals surface area contributed by atoms with Gasteiger partial charge in [0, 0.05) is 0 Å². The molecule has 1 nitrogen and oxygen atoms in total. The molecule has 1 aliphatic rings. The Morgan fingerprint density at radius 1 is 1.13 bits per heavy atom. The van der Waals surface area contributed by atoms with E-state index >= 15 is 0 Å². The summed E-state index contributed by atoms with van der Waals surface area (Å²) in [5.74, 6) is 0. The van der Waals surface area contributed by atoms with E-state index in [2.05, 4.69) is 0 Å². The molecule has 15 heavy (non-hydrogen) atoms. The van der Waals surface area contributed by atoms with Gasteiger partial charge in [-0.1, -0.05) is 0 Å². The van der Waals surface area contributed by atoms with Crippen molar-refractivity contribution < 1.29 is 8.23 Å². The van der Waals surface area contributed by atoms with Crippen molar-refractivity contribution in [2.45, 2.75) is 36.7 Å². The van der Waals surface area contributed by atoms with Crippen LogP contribution in [-0.2, 0) is 3.83 Å².